The number of phenols is 1. The van der Waals surface area contributed by atoms with Gasteiger partial charge >= 0.3 is 0 Å². The molecule has 0 saturated heterocycles. The van der Waals surface area contributed by atoms with Gasteiger partial charge in [0, 0.05) is 10.3 Å². The molecule has 1 N–H and O–H groups in total. The molecule has 2 aromatic carbocycles. The van der Waals surface area contributed by atoms with Crippen molar-refractivity contribution in [3.8, 4) is 18.1 Å². The summed E-state index contributed by atoms with van der Waals surface area (Å²) in [4.78, 5) is 0.936. The summed E-state index contributed by atoms with van der Waals surface area (Å²) in [5.74, 6) is 2.84. The van der Waals surface area contributed by atoms with Crippen molar-refractivity contribution in [2.75, 3.05) is 6.26 Å². The normalized spacial score (nSPS) is 10.3. The number of hydrogen-bond donors (Lipinski definition) is 1. The molecule has 1 nitrogen and oxygen atoms in total. The van der Waals surface area contributed by atoms with Crippen molar-refractivity contribution in [3.63, 3.8) is 0 Å². The van der Waals surface area contributed by atoms with Gasteiger partial charge in [0.2, 0.25) is 0 Å². The molecule has 0 heterocycles. The van der Waals surface area contributed by atoms with E-state index < -0.39 is 0 Å². The van der Waals surface area contributed by atoms with Gasteiger partial charge in [-0.1, -0.05) is 23.6 Å². The van der Waals surface area contributed by atoms with Crippen molar-refractivity contribution >= 4 is 34.1 Å². The van der Waals surface area contributed by atoms with Crippen molar-refractivity contribution in [2.45, 2.75) is 4.90 Å². The Morgan fingerprint density at radius 2 is 2.12 bits per heavy atom. The molecule has 0 radical (unpaired) electrons. The van der Waals surface area contributed by atoms with E-state index in [4.69, 9.17) is 18.0 Å². The Kier molecular flexibility index (Phi) is 3.00. The lowest BCUT2D eigenvalue weighted by molar-refractivity contribution is 0.475. The molecule has 0 bridgehead atoms. The van der Waals surface area contributed by atoms with Crippen LogP contribution in [-0.2, 0) is 0 Å². The fourth-order valence-corrected chi connectivity index (χ4v) is 2.56. The molecule has 0 aromatic heterocycles. The van der Waals surface area contributed by atoms with Crippen molar-refractivity contribution in [3.05, 3.63) is 34.9 Å². The predicted molar refractivity (Wildman–Crippen MR) is 70.3 cm³/mol. The van der Waals surface area contributed by atoms with Crippen molar-refractivity contribution in [1.29, 1.82) is 0 Å². The summed E-state index contributed by atoms with van der Waals surface area (Å²) in [6.45, 7) is 0. The maximum atomic E-state index is 9.58. The maximum absolute atomic E-state index is 9.58. The zero-order valence-corrected chi connectivity index (χ0v) is 10.2. The third-order valence-corrected chi connectivity index (χ3v) is 3.46. The molecule has 0 unspecified atom stereocenters. The first kappa shape index (κ1) is 11.2. The lowest BCUT2D eigenvalue weighted by atomic mass is 10.0. The second kappa shape index (κ2) is 4.29. The minimum absolute atomic E-state index is 0.238. The van der Waals surface area contributed by atoms with Crippen LogP contribution in [0.5, 0.6) is 5.75 Å². The van der Waals surface area contributed by atoms with E-state index in [1.165, 1.54) is 11.8 Å². The number of rotatable bonds is 1. The maximum Gasteiger partial charge on any atom is 0.117 e. The van der Waals surface area contributed by atoms with Gasteiger partial charge in [0.15, 0.2) is 0 Å². The number of hydrogen-bond acceptors (Lipinski definition) is 2. The molecule has 80 valence electrons. The van der Waals surface area contributed by atoms with Gasteiger partial charge in [0.25, 0.3) is 0 Å². The van der Waals surface area contributed by atoms with E-state index in [2.05, 4.69) is 5.92 Å². The second-order valence-electron chi connectivity index (χ2n) is 3.31. The van der Waals surface area contributed by atoms with Gasteiger partial charge in [0.05, 0.1) is 10.6 Å². The number of terminal acetylenes is 1. The standard InChI is InChI=1S/C13H9ClOS/c1-3-10-11(14)5-4-8-6-9(15)7-12(16-2)13(8)10/h1,4-7,15H,2H3. The lowest BCUT2D eigenvalue weighted by Crippen LogP contribution is -1.85. The van der Waals surface area contributed by atoms with E-state index >= 15 is 0 Å². The average Bonchev–Trinajstić information content (AvgIpc) is 2.28. The number of aromatic hydroxyl groups is 1. The minimum atomic E-state index is 0.238. The van der Waals surface area contributed by atoms with Gasteiger partial charge in [-0.2, -0.15) is 0 Å². The van der Waals surface area contributed by atoms with Crippen LogP contribution < -0.4 is 0 Å². The first-order valence-corrected chi connectivity index (χ1v) is 6.23. The molecule has 0 spiro atoms. The Balaban J connectivity index is 2.97. The van der Waals surface area contributed by atoms with E-state index in [1.807, 2.05) is 12.3 Å². The lowest BCUT2D eigenvalue weighted by Gasteiger charge is -2.08. The van der Waals surface area contributed by atoms with Crippen LogP contribution in [0, 0.1) is 12.3 Å². The van der Waals surface area contributed by atoms with E-state index in [0.29, 0.717) is 10.6 Å². The molecular formula is C13H9ClOS. The van der Waals surface area contributed by atoms with Crippen LogP contribution in [0.2, 0.25) is 5.02 Å². The third-order valence-electron chi connectivity index (χ3n) is 2.38. The monoisotopic (exact) mass is 248 g/mol. The summed E-state index contributed by atoms with van der Waals surface area (Å²) in [5.41, 5.74) is 0.684. The summed E-state index contributed by atoms with van der Waals surface area (Å²) < 4.78 is 0. The van der Waals surface area contributed by atoms with Gasteiger partial charge < -0.3 is 5.11 Å². The summed E-state index contributed by atoms with van der Waals surface area (Å²) in [5, 5.41) is 12.0. The van der Waals surface area contributed by atoms with Crippen molar-refractivity contribution in [1.82, 2.24) is 0 Å². The number of halogens is 1. The van der Waals surface area contributed by atoms with Crippen molar-refractivity contribution in [2.24, 2.45) is 0 Å². The largest absolute Gasteiger partial charge is 0.508 e. The number of thioether (sulfide) groups is 1. The molecule has 0 atom stereocenters. The van der Waals surface area contributed by atoms with Gasteiger partial charge in [-0.05, 0) is 29.8 Å². The van der Waals surface area contributed by atoms with Crippen molar-refractivity contribution < 1.29 is 5.11 Å². The molecule has 0 amide bonds. The molecule has 0 aliphatic heterocycles. The summed E-state index contributed by atoms with van der Waals surface area (Å²) in [7, 11) is 0. The quantitative estimate of drug-likeness (QED) is 0.610. The van der Waals surface area contributed by atoms with Gasteiger partial charge in [0.1, 0.15) is 5.75 Å². The molecule has 0 saturated carbocycles. The van der Waals surface area contributed by atoms with E-state index in [0.717, 1.165) is 15.7 Å². The predicted octanol–water partition coefficient (Wildman–Crippen LogP) is 3.90. The highest BCUT2D eigenvalue weighted by atomic mass is 35.5. The molecule has 2 aromatic rings. The molecular weight excluding hydrogens is 240 g/mol. The van der Waals surface area contributed by atoms with Gasteiger partial charge in [-0.25, -0.2) is 0 Å². The van der Waals surface area contributed by atoms with Crippen LogP contribution in [-0.4, -0.2) is 11.4 Å². The molecule has 0 fully saturated rings. The fourth-order valence-electron chi connectivity index (χ4n) is 1.69. The van der Waals surface area contributed by atoms with Gasteiger partial charge in [-0.15, -0.1) is 18.2 Å². The zero-order valence-electron chi connectivity index (χ0n) is 8.62. The van der Waals surface area contributed by atoms with Crippen LogP contribution in [0.1, 0.15) is 5.56 Å². The summed E-state index contributed by atoms with van der Waals surface area (Å²) in [6.07, 6.45) is 7.41. The second-order valence-corrected chi connectivity index (χ2v) is 4.57. The van der Waals surface area contributed by atoms with E-state index in [1.54, 1.807) is 18.2 Å². The van der Waals surface area contributed by atoms with Crippen LogP contribution >= 0.6 is 23.4 Å². The highest BCUT2D eigenvalue weighted by molar-refractivity contribution is 7.98. The Labute approximate surface area is 103 Å². The van der Waals surface area contributed by atoms with Crippen LogP contribution in [0.4, 0.5) is 0 Å². The van der Waals surface area contributed by atoms with E-state index in [-0.39, 0.29) is 5.75 Å². The van der Waals surface area contributed by atoms with E-state index in [9.17, 15) is 5.11 Å². The van der Waals surface area contributed by atoms with Crippen LogP contribution in [0.3, 0.4) is 0 Å². The van der Waals surface area contributed by atoms with Crippen LogP contribution in [0.25, 0.3) is 10.8 Å². The SMILES string of the molecule is C#Cc1c(Cl)ccc2cc(O)cc(SC)c12. The Bertz CT molecular complexity index is 599. The number of benzene rings is 2. The molecule has 2 rings (SSSR count). The summed E-state index contributed by atoms with van der Waals surface area (Å²) >= 11 is 7.59. The molecule has 0 aliphatic carbocycles. The average molecular weight is 249 g/mol. The molecule has 3 heteroatoms. The first-order chi connectivity index (χ1) is 7.67. The third kappa shape index (κ3) is 1.73. The Morgan fingerprint density at radius 3 is 2.75 bits per heavy atom. The topological polar surface area (TPSA) is 20.2 Å². The highest BCUT2D eigenvalue weighted by Gasteiger charge is 2.09. The number of phenolic OH excluding ortho intramolecular Hbond substituents is 1. The van der Waals surface area contributed by atoms with Crippen LogP contribution in [0.15, 0.2) is 29.2 Å². The van der Waals surface area contributed by atoms with Gasteiger partial charge in [-0.3, -0.25) is 0 Å². The first-order valence-electron chi connectivity index (χ1n) is 4.63. The Morgan fingerprint density at radius 1 is 1.38 bits per heavy atom. The molecule has 0 aliphatic rings. The number of fused-ring (bicyclic) bond motifs is 1. The Hall–Kier alpha value is -1.30. The zero-order chi connectivity index (χ0) is 11.7. The smallest absolute Gasteiger partial charge is 0.117 e. The summed E-state index contributed by atoms with van der Waals surface area (Å²) in [6, 6.07) is 7.00. The molecule has 16 heavy (non-hydrogen) atoms. The highest BCUT2D eigenvalue weighted by Crippen LogP contribution is 2.35. The fraction of sp³-hybridized carbons (Fsp3) is 0.0769. The minimum Gasteiger partial charge on any atom is -0.508 e.